The molecule has 1 aromatic rings. The average Bonchev–Trinajstić information content (AvgIpc) is 2.33. The van der Waals surface area contributed by atoms with E-state index in [2.05, 4.69) is 0 Å². The normalized spacial score (nSPS) is 23.5. The SMILES string of the molecule is [2H]C(C)(C(=O)O)c1ccc(CC(C([2H])([2H])[2H])C([2H])([2H])[2H])cc1. The number of hydrogen-bond acceptors (Lipinski definition) is 1. The fourth-order valence-corrected chi connectivity index (χ4v) is 1.25. The summed E-state index contributed by atoms with van der Waals surface area (Å²) >= 11 is 0. The minimum absolute atomic E-state index is 0.172. The largest absolute Gasteiger partial charge is 0.481 e. The van der Waals surface area contributed by atoms with Crippen molar-refractivity contribution in [3.05, 3.63) is 35.4 Å². The molecule has 0 bridgehead atoms. The summed E-state index contributed by atoms with van der Waals surface area (Å²) in [4.78, 5) is 11.0. The molecule has 0 aliphatic heterocycles. The van der Waals surface area contributed by atoms with Crippen molar-refractivity contribution in [3.8, 4) is 0 Å². The van der Waals surface area contributed by atoms with E-state index in [0.29, 0.717) is 5.56 Å². The molecule has 0 saturated carbocycles. The lowest BCUT2D eigenvalue weighted by atomic mass is 9.97. The molecule has 0 fully saturated rings. The highest BCUT2D eigenvalue weighted by Gasteiger charge is 2.12. The van der Waals surface area contributed by atoms with Crippen molar-refractivity contribution in [2.75, 3.05) is 0 Å². The van der Waals surface area contributed by atoms with Crippen LogP contribution in [0.5, 0.6) is 0 Å². The van der Waals surface area contributed by atoms with Gasteiger partial charge in [-0.15, -0.1) is 0 Å². The van der Waals surface area contributed by atoms with Crippen LogP contribution in [0.3, 0.4) is 0 Å². The summed E-state index contributed by atoms with van der Waals surface area (Å²) in [5, 5.41) is 8.99. The van der Waals surface area contributed by atoms with E-state index in [1.165, 1.54) is 31.2 Å². The summed E-state index contributed by atoms with van der Waals surface area (Å²) in [6.45, 7) is -4.00. The predicted octanol–water partition coefficient (Wildman–Crippen LogP) is 3.07. The second kappa shape index (κ2) is 4.96. The Kier molecular flexibility index (Phi) is 1.70. The van der Waals surface area contributed by atoms with Crippen LogP contribution in [0.15, 0.2) is 24.3 Å². The van der Waals surface area contributed by atoms with Crippen LogP contribution in [-0.2, 0) is 11.2 Å². The van der Waals surface area contributed by atoms with Gasteiger partial charge in [-0.05, 0) is 30.4 Å². The van der Waals surface area contributed by atoms with Crippen molar-refractivity contribution in [2.24, 2.45) is 5.92 Å². The van der Waals surface area contributed by atoms with Gasteiger partial charge in [0.05, 0.1) is 5.89 Å². The third kappa shape index (κ3) is 3.39. The second-order valence-corrected chi connectivity index (χ2v) is 3.38. The van der Waals surface area contributed by atoms with Gasteiger partial charge in [-0.2, -0.15) is 0 Å². The molecule has 1 rings (SSSR count). The van der Waals surface area contributed by atoms with Gasteiger partial charge in [-0.3, -0.25) is 4.79 Å². The highest BCUT2D eigenvalue weighted by Crippen LogP contribution is 2.17. The number of aliphatic carboxylic acids is 1. The fourth-order valence-electron chi connectivity index (χ4n) is 1.25. The molecule has 0 saturated heterocycles. The predicted molar refractivity (Wildman–Crippen MR) is 61.0 cm³/mol. The average molecular weight is 213 g/mol. The van der Waals surface area contributed by atoms with E-state index in [0.717, 1.165) is 0 Å². The van der Waals surface area contributed by atoms with E-state index >= 15 is 0 Å². The molecule has 2 nitrogen and oxygen atoms in total. The Hall–Kier alpha value is -1.31. The van der Waals surface area contributed by atoms with E-state index in [4.69, 9.17) is 14.7 Å². The zero-order valence-electron chi connectivity index (χ0n) is 15.4. The highest BCUT2D eigenvalue weighted by molar-refractivity contribution is 5.75. The summed E-state index contributed by atoms with van der Waals surface area (Å²) in [6.07, 6.45) is -0.172. The minimum atomic E-state index is -2.62. The van der Waals surface area contributed by atoms with Crippen LogP contribution in [0.2, 0.25) is 0 Å². The van der Waals surface area contributed by atoms with Crippen molar-refractivity contribution in [1.82, 2.24) is 0 Å². The van der Waals surface area contributed by atoms with Crippen molar-refractivity contribution in [2.45, 2.75) is 32.9 Å². The van der Waals surface area contributed by atoms with Crippen molar-refractivity contribution >= 4 is 5.97 Å². The van der Waals surface area contributed by atoms with Gasteiger partial charge in [-0.25, -0.2) is 0 Å². The quantitative estimate of drug-likeness (QED) is 0.834. The molecule has 2 heteroatoms. The van der Waals surface area contributed by atoms with Gasteiger partial charge in [0, 0.05) is 9.60 Å². The molecule has 0 aliphatic rings. The van der Waals surface area contributed by atoms with E-state index in [1.54, 1.807) is 0 Å². The maximum Gasteiger partial charge on any atom is 0.310 e. The zero-order chi connectivity index (χ0) is 17.3. The van der Waals surface area contributed by atoms with E-state index in [9.17, 15) is 4.79 Å². The third-order valence-electron chi connectivity index (χ3n) is 2.15. The van der Waals surface area contributed by atoms with Gasteiger partial charge in [0.15, 0.2) is 0 Å². The van der Waals surface area contributed by atoms with Crippen LogP contribution in [0.1, 0.15) is 47.2 Å². The number of rotatable bonds is 4. The van der Waals surface area contributed by atoms with Crippen LogP contribution in [0.4, 0.5) is 0 Å². The molecule has 15 heavy (non-hydrogen) atoms. The number of carbonyl (C=O) groups is 1. The molecule has 1 N–H and O–H groups in total. The topological polar surface area (TPSA) is 37.3 Å². The van der Waals surface area contributed by atoms with Gasteiger partial charge in [0.1, 0.15) is 0 Å². The Bertz CT molecular complexity index is 515. The summed E-state index contributed by atoms with van der Waals surface area (Å²) < 4.78 is 51.9. The van der Waals surface area contributed by atoms with Crippen molar-refractivity contribution < 1.29 is 19.5 Å². The zero-order valence-corrected chi connectivity index (χ0v) is 8.45. The van der Waals surface area contributed by atoms with Gasteiger partial charge in [-0.1, -0.05) is 38.0 Å². The van der Waals surface area contributed by atoms with Crippen LogP contribution < -0.4 is 0 Å². The molecule has 0 heterocycles. The summed E-state index contributed by atoms with van der Waals surface area (Å²) in [5.41, 5.74) is 0.713. The number of hydrogen-bond donors (Lipinski definition) is 1. The number of benzene rings is 1. The molecule has 0 aromatic heterocycles. The Morgan fingerprint density at radius 2 is 2.07 bits per heavy atom. The smallest absolute Gasteiger partial charge is 0.310 e. The summed E-state index contributed by atoms with van der Waals surface area (Å²) in [5.74, 6) is -4.61. The Balaban J connectivity index is 3.03. The molecule has 0 amide bonds. The minimum Gasteiger partial charge on any atom is -0.481 e. The van der Waals surface area contributed by atoms with Gasteiger partial charge in [0.2, 0.25) is 0 Å². The van der Waals surface area contributed by atoms with E-state index < -0.39 is 31.5 Å². The standard InChI is InChI=1S/C13H18O2/c1-9(2)8-11-4-6-12(7-5-11)10(3)13(14)15/h4-7,9-10H,8H2,1-3H3,(H,14,15)/i1D3,2D3,10D. The Morgan fingerprint density at radius 3 is 2.53 bits per heavy atom. The first kappa shape index (κ1) is 5.15. The monoisotopic (exact) mass is 213 g/mol. The molecule has 82 valence electrons. The molecular weight excluding hydrogens is 188 g/mol. The first-order valence-electron chi connectivity index (χ1n) is 8.09. The maximum atomic E-state index is 11.0. The van der Waals surface area contributed by atoms with Crippen LogP contribution >= 0.6 is 0 Å². The lowest BCUT2D eigenvalue weighted by molar-refractivity contribution is -0.138. The number of carboxylic acid groups (broad SMARTS) is 1. The van der Waals surface area contributed by atoms with Gasteiger partial charge < -0.3 is 5.11 Å². The van der Waals surface area contributed by atoms with Crippen molar-refractivity contribution in [1.29, 1.82) is 0 Å². The van der Waals surface area contributed by atoms with Crippen LogP contribution in [0.25, 0.3) is 0 Å². The summed E-state index contributed by atoms with van der Waals surface area (Å²) in [7, 11) is 0. The molecule has 1 atom stereocenters. The van der Waals surface area contributed by atoms with E-state index in [-0.39, 0.29) is 12.0 Å². The molecule has 1 aromatic carbocycles. The molecule has 0 radical (unpaired) electrons. The third-order valence-corrected chi connectivity index (χ3v) is 2.15. The first-order valence-corrected chi connectivity index (χ1v) is 4.59. The lowest BCUT2D eigenvalue weighted by Crippen LogP contribution is -2.07. The van der Waals surface area contributed by atoms with Crippen molar-refractivity contribution in [3.63, 3.8) is 0 Å². The van der Waals surface area contributed by atoms with Gasteiger partial charge in [0.25, 0.3) is 0 Å². The van der Waals surface area contributed by atoms with Crippen LogP contribution in [0, 0.1) is 5.92 Å². The maximum absolute atomic E-state index is 11.0. The molecule has 1 unspecified atom stereocenters. The first-order chi connectivity index (χ1) is 9.76. The Morgan fingerprint density at radius 1 is 1.47 bits per heavy atom. The summed E-state index contributed by atoms with van der Waals surface area (Å²) in [6, 6.07) is 5.75. The van der Waals surface area contributed by atoms with Gasteiger partial charge >= 0.3 is 5.97 Å². The van der Waals surface area contributed by atoms with E-state index in [1.807, 2.05) is 0 Å². The number of carboxylic acids is 1. The molecule has 0 aliphatic carbocycles. The lowest BCUT2D eigenvalue weighted by Gasteiger charge is -2.09. The molecule has 0 spiro atoms. The highest BCUT2D eigenvalue weighted by atomic mass is 16.4. The second-order valence-electron chi connectivity index (χ2n) is 3.38. The fraction of sp³-hybridized carbons (Fsp3) is 0.462. The molecular formula is C13H18O2. The van der Waals surface area contributed by atoms with Crippen LogP contribution in [-0.4, -0.2) is 11.1 Å². The Labute approximate surface area is 101 Å².